The zero-order chi connectivity index (χ0) is 16.1. The lowest BCUT2D eigenvalue weighted by Crippen LogP contribution is -2.33. The van der Waals surface area contributed by atoms with Crippen LogP contribution in [0.25, 0.3) is 6.08 Å². The van der Waals surface area contributed by atoms with Gasteiger partial charge in [-0.25, -0.2) is 0 Å². The summed E-state index contributed by atoms with van der Waals surface area (Å²) in [6.45, 7) is 0. The van der Waals surface area contributed by atoms with E-state index in [0.29, 0.717) is 10.0 Å². The van der Waals surface area contributed by atoms with Crippen molar-refractivity contribution in [2.75, 3.05) is 0 Å². The summed E-state index contributed by atoms with van der Waals surface area (Å²) in [5, 5.41) is 22.9. The average Bonchev–Trinajstić information content (AvgIpc) is 2.98. The van der Waals surface area contributed by atoms with Crippen LogP contribution in [0.1, 0.15) is 31.2 Å². The molecule has 0 radical (unpaired) electrons. The van der Waals surface area contributed by atoms with Gasteiger partial charge in [-0.15, -0.1) is 0 Å². The number of nitro groups is 1. The van der Waals surface area contributed by atoms with Gasteiger partial charge in [0.25, 0.3) is 11.6 Å². The highest BCUT2D eigenvalue weighted by atomic mass is 79.9. The molecule has 1 N–H and O–H groups in total. The molecule has 0 aliphatic heterocycles. The molecule has 1 aromatic carbocycles. The predicted molar refractivity (Wildman–Crippen MR) is 84.8 cm³/mol. The first-order valence-electron chi connectivity index (χ1n) is 6.88. The van der Waals surface area contributed by atoms with Gasteiger partial charge in [0.2, 0.25) is 0 Å². The van der Waals surface area contributed by atoms with Crippen molar-refractivity contribution < 1.29 is 9.72 Å². The lowest BCUT2D eigenvalue weighted by Gasteiger charge is -2.10. The molecule has 6 nitrogen and oxygen atoms in total. The molecule has 0 unspecified atom stereocenters. The molecule has 0 saturated heterocycles. The number of nitrogens with one attached hydrogen (secondary N) is 1. The van der Waals surface area contributed by atoms with E-state index < -0.39 is 10.8 Å². The Morgan fingerprint density at radius 3 is 2.73 bits per heavy atom. The molecule has 114 valence electrons. The van der Waals surface area contributed by atoms with Gasteiger partial charge in [0, 0.05) is 12.1 Å². The molecule has 22 heavy (non-hydrogen) atoms. The zero-order valence-electron chi connectivity index (χ0n) is 11.7. The minimum absolute atomic E-state index is 0.0523. The first-order chi connectivity index (χ1) is 10.5. The maximum atomic E-state index is 12.1. The van der Waals surface area contributed by atoms with E-state index in [9.17, 15) is 14.9 Å². The number of hydrogen-bond acceptors (Lipinski definition) is 4. The number of nitro benzene ring substituents is 1. The molecular formula is C15H14BrN3O3. The Morgan fingerprint density at radius 2 is 2.14 bits per heavy atom. The summed E-state index contributed by atoms with van der Waals surface area (Å²) >= 11 is 3.09. The van der Waals surface area contributed by atoms with Gasteiger partial charge in [-0.1, -0.05) is 18.9 Å². The van der Waals surface area contributed by atoms with Crippen LogP contribution in [0.2, 0.25) is 0 Å². The zero-order valence-corrected chi connectivity index (χ0v) is 13.3. The van der Waals surface area contributed by atoms with Crippen LogP contribution in [-0.4, -0.2) is 16.9 Å². The normalized spacial score (nSPS) is 15.4. The van der Waals surface area contributed by atoms with Crippen molar-refractivity contribution in [3.63, 3.8) is 0 Å². The van der Waals surface area contributed by atoms with Crippen LogP contribution in [-0.2, 0) is 4.79 Å². The number of halogens is 1. The molecule has 1 aromatic rings. The highest BCUT2D eigenvalue weighted by Gasteiger charge is 2.19. The highest BCUT2D eigenvalue weighted by Crippen LogP contribution is 2.26. The number of rotatable bonds is 4. The third-order valence-corrected chi connectivity index (χ3v) is 4.20. The number of amides is 1. The lowest BCUT2D eigenvalue weighted by atomic mass is 10.1. The van der Waals surface area contributed by atoms with Crippen LogP contribution in [0.3, 0.4) is 0 Å². The van der Waals surface area contributed by atoms with E-state index in [-0.39, 0.29) is 17.3 Å². The van der Waals surface area contributed by atoms with Gasteiger partial charge in [-0.2, -0.15) is 5.26 Å². The van der Waals surface area contributed by atoms with Crippen molar-refractivity contribution in [1.82, 2.24) is 5.32 Å². The highest BCUT2D eigenvalue weighted by molar-refractivity contribution is 9.10. The quantitative estimate of drug-likeness (QED) is 0.384. The number of carbonyl (C=O) groups is 1. The average molecular weight is 364 g/mol. The second-order valence-corrected chi connectivity index (χ2v) is 5.95. The Labute approximate surface area is 136 Å². The van der Waals surface area contributed by atoms with Gasteiger partial charge < -0.3 is 5.32 Å². The minimum atomic E-state index is -0.522. The summed E-state index contributed by atoms with van der Waals surface area (Å²) in [6.07, 6.45) is 5.37. The second kappa shape index (κ2) is 7.18. The standard InChI is InChI=1S/C15H14BrN3O3/c16-13-6-5-10(8-14(13)19(21)22)7-11(9-17)15(20)18-12-3-1-2-4-12/h5-8,12H,1-4H2,(H,18,20)/b11-7+. The topological polar surface area (TPSA) is 96.0 Å². The molecule has 0 spiro atoms. The molecule has 0 atom stereocenters. The molecule has 1 aliphatic carbocycles. The molecule has 1 fully saturated rings. The Hall–Kier alpha value is -2.20. The van der Waals surface area contributed by atoms with Crippen LogP contribution in [0.4, 0.5) is 5.69 Å². The minimum Gasteiger partial charge on any atom is -0.349 e. The molecule has 0 bridgehead atoms. The maximum absolute atomic E-state index is 12.1. The van der Waals surface area contributed by atoms with Gasteiger partial charge in [0.15, 0.2) is 0 Å². The summed E-state index contributed by atoms with van der Waals surface area (Å²) in [7, 11) is 0. The number of hydrogen-bond donors (Lipinski definition) is 1. The van der Waals surface area contributed by atoms with Crippen LogP contribution in [0, 0.1) is 21.4 Å². The number of carbonyl (C=O) groups excluding carboxylic acids is 1. The van der Waals surface area contributed by atoms with E-state index in [2.05, 4.69) is 21.2 Å². The van der Waals surface area contributed by atoms with Gasteiger partial charge in [-0.05, 0) is 46.5 Å². The largest absolute Gasteiger partial charge is 0.349 e. The van der Waals surface area contributed by atoms with Gasteiger partial charge in [-0.3, -0.25) is 14.9 Å². The smallest absolute Gasteiger partial charge is 0.284 e. The summed E-state index contributed by atoms with van der Waals surface area (Å²) in [5.41, 5.74) is 0.277. The third kappa shape index (κ3) is 3.92. The van der Waals surface area contributed by atoms with Crippen molar-refractivity contribution in [2.45, 2.75) is 31.7 Å². The van der Waals surface area contributed by atoms with Crippen LogP contribution >= 0.6 is 15.9 Å². The first-order valence-corrected chi connectivity index (χ1v) is 7.67. The van der Waals surface area contributed by atoms with E-state index in [1.54, 1.807) is 6.07 Å². The van der Waals surface area contributed by atoms with Crippen LogP contribution < -0.4 is 5.32 Å². The van der Waals surface area contributed by atoms with E-state index in [1.807, 2.05) is 6.07 Å². The van der Waals surface area contributed by atoms with Crippen molar-refractivity contribution in [3.05, 3.63) is 43.9 Å². The molecule has 1 amide bonds. The fraction of sp³-hybridized carbons (Fsp3) is 0.333. The van der Waals surface area contributed by atoms with E-state index in [1.165, 1.54) is 18.2 Å². The molecule has 1 aliphatic rings. The molecular weight excluding hydrogens is 350 g/mol. The molecule has 1 saturated carbocycles. The summed E-state index contributed by atoms with van der Waals surface area (Å²) in [4.78, 5) is 22.5. The van der Waals surface area contributed by atoms with Crippen molar-refractivity contribution in [3.8, 4) is 6.07 Å². The Morgan fingerprint density at radius 1 is 1.45 bits per heavy atom. The number of nitrogens with zero attached hydrogens (tertiary/aromatic N) is 2. The van der Waals surface area contributed by atoms with E-state index in [0.717, 1.165) is 25.7 Å². The Balaban J connectivity index is 2.21. The number of benzene rings is 1. The fourth-order valence-electron chi connectivity index (χ4n) is 2.41. The molecule has 2 rings (SSSR count). The molecule has 0 aromatic heterocycles. The Bertz CT molecular complexity index is 673. The maximum Gasteiger partial charge on any atom is 0.284 e. The van der Waals surface area contributed by atoms with Crippen molar-refractivity contribution in [2.24, 2.45) is 0 Å². The summed E-state index contributed by atoms with van der Waals surface area (Å²) in [6, 6.07) is 6.42. The van der Waals surface area contributed by atoms with Crippen LogP contribution in [0.15, 0.2) is 28.2 Å². The first kappa shape index (κ1) is 16.2. The predicted octanol–water partition coefficient (Wildman–Crippen LogP) is 3.32. The van der Waals surface area contributed by atoms with Gasteiger partial charge in [0.05, 0.1) is 9.40 Å². The van der Waals surface area contributed by atoms with Crippen molar-refractivity contribution >= 4 is 33.6 Å². The van der Waals surface area contributed by atoms with Gasteiger partial charge >= 0.3 is 0 Å². The fourth-order valence-corrected chi connectivity index (χ4v) is 2.80. The summed E-state index contributed by atoms with van der Waals surface area (Å²) in [5.74, 6) is -0.431. The molecule has 0 heterocycles. The SMILES string of the molecule is N#C/C(=C\c1ccc(Br)c([N+](=O)[O-])c1)C(=O)NC1CCCC1. The summed E-state index contributed by atoms with van der Waals surface area (Å²) < 4.78 is 0.351. The Kier molecular flexibility index (Phi) is 5.28. The number of nitriles is 1. The second-order valence-electron chi connectivity index (χ2n) is 5.09. The van der Waals surface area contributed by atoms with E-state index in [4.69, 9.17) is 5.26 Å². The van der Waals surface area contributed by atoms with Crippen molar-refractivity contribution in [1.29, 1.82) is 5.26 Å². The molecule has 7 heteroatoms. The lowest BCUT2D eigenvalue weighted by molar-refractivity contribution is -0.385. The van der Waals surface area contributed by atoms with Crippen LogP contribution in [0.5, 0.6) is 0 Å². The van der Waals surface area contributed by atoms with E-state index >= 15 is 0 Å². The van der Waals surface area contributed by atoms with Gasteiger partial charge in [0.1, 0.15) is 11.6 Å². The monoisotopic (exact) mass is 363 g/mol. The third-order valence-electron chi connectivity index (χ3n) is 3.53.